The van der Waals surface area contributed by atoms with Gasteiger partial charge in [-0.05, 0) is 55.8 Å². The number of aromatic nitrogens is 4. The molecule has 1 amide bonds. The minimum atomic E-state index is -0.371. The quantitative estimate of drug-likeness (QED) is 0.541. The number of carbonyl (C=O) groups is 1. The van der Waals surface area contributed by atoms with Gasteiger partial charge in [0, 0.05) is 31.0 Å². The number of nitrogens with one attached hydrogen (secondary N) is 1. The molecule has 0 spiro atoms. The molecule has 0 bridgehead atoms. The predicted octanol–water partition coefficient (Wildman–Crippen LogP) is 2.88. The predicted molar refractivity (Wildman–Crippen MR) is 122 cm³/mol. The highest BCUT2D eigenvalue weighted by Gasteiger charge is 2.14. The molecule has 2 aromatic heterocycles. The molecular formula is C23H24N6O2. The van der Waals surface area contributed by atoms with Crippen molar-refractivity contribution in [3.05, 3.63) is 76.3 Å². The summed E-state index contributed by atoms with van der Waals surface area (Å²) in [7, 11) is 3.90. The van der Waals surface area contributed by atoms with Crippen molar-refractivity contribution in [2.75, 3.05) is 24.3 Å². The first kappa shape index (κ1) is 20.3. The normalized spacial score (nSPS) is 11.0. The molecule has 0 saturated carbocycles. The molecule has 0 unspecified atom stereocenters. The first-order valence-electron chi connectivity index (χ1n) is 9.92. The molecule has 31 heavy (non-hydrogen) atoms. The fourth-order valence-electron chi connectivity index (χ4n) is 3.37. The van der Waals surface area contributed by atoms with Crippen molar-refractivity contribution < 1.29 is 4.79 Å². The molecule has 158 valence electrons. The van der Waals surface area contributed by atoms with Crippen LogP contribution in [0.5, 0.6) is 0 Å². The fraction of sp³-hybridized carbons (Fsp3) is 0.217. The van der Waals surface area contributed by atoms with Crippen molar-refractivity contribution in [3.8, 4) is 11.3 Å². The summed E-state index contributed by atoms with van der Waals surface area (Å²) in [6, 6.07) is 15.3. The van der Waals surface area contributed by atoms with Crippen LogP contribution in [0.1, 0.15) is 11.1 Å². The number of hydrogen-bond donors (Lipinski definition) is 1. The largest absolute Gasteiger partial charge is 0.378 e. The summed E-state index contributed by atoms with van der Waals surface area (Å²) in [5.74, 6) is -0.328. The standard InChI is InChI=1S/C23H24N6O2/c1-15-5-6-16(2)19(11-15)20-12-21-23(31)28(24-14-29(21)26-20)13-22(30)25-17-7-9-18(10-8-17)27(3)4/h5-12,14H,13H2,1-4H3,(H,25,30). The topological polar surface area (TPSA) is 84.5 Å². The van der Waals surface area contributed by atoms with Crippen LogP contribution in [0.3, 0.4) is 0 Å². The van der Waals surface area contributed by atoms with E-state index in [0.29, 0.717) is 16.9 Å². The van der Waals surface area contributed by atoms with Gasteiger partial charge in [0.15, 0.2) is 0 Å². The van der Waals surface area contributed by atoms with Gasteiger partial charge in [-0.2, -0.15) is 10.2 Å². The third-order valence-electron chi connectivity index (χ3n) is 5.12. The minimum absolute atomic E-state index is 0.186. The Balaban J connectivity index is 1.57. The van der Waals surface area contributed by atoms with Gasteiger partial charge in [0.2, 0.25) is 5.91 Å². The molecule has 2 aromatic carbocycles. The maximum atomic E-state index is 12.9. The Hall–Kier alpha value is -3.94. The highest BCUT2D eigenvalue weighted by Crippen LogP contribution is 2.23. The van der Waals surface area contributed by atoms with Crippen molar-refractivity contribution in [2.24, 2.45) is 0 Å². The average Bonchev–Trinajstić information content (AvgIpc) is 3.17. The van der Waals surface area contributed by atoms with Crippen molar-refractivity contribution in [2.45, 2.75) is 20.4 Å². The van der Waals surface area contributed by atoms with Crippen LogP contribution in [-0.2, 0) is 11.3 Å². The van der Waals surface area contributed by atoms with Crippen molar-refractivity contribution >= 4 is 22.8 Å². The molecule has 0 aliphatic carbocycles. The lowest BCUT2D eigenvalue weighted by molar-refractivity contribution is -0.117. The maximum Gasteiger partial charge on any atom is 0.293 e. The number of nitrogens with zero attached hydrogens (tertiary/aromatic N) is 5. The zero-order valence-corrected chi connectivity index (χ0v) is 18.0. The molecule has 0 aliphatic heterocycles. The van der Waals surface area contributed by atoms with Gasteiger partial charge in [0.25, 0.3) is 5.56 Å². The van der Waals surface area contributed by atoms with E-state index in [4.69, 9.17) is 0 Å². The smallest absolute Gasteiger partial charge is 0.293 e. The van der Waals surface area contributed by atoms with Crippen LogP contribution in [-0.4, -0.2) is 39.4 Å². The van der Waals surface area contributed by atoms with Gasteiger partial charge in [-0.25, -0.2) is 9.20 Å². The molecule has 2 heterocycles. The second-order valence-electron chi connectivity index (χ2n) is 7.76. The first-order valence-corrected chi connectivity index (χ1v) is 9.92. The number of anilines is 2. The van der Waals surface area contributed by atoms with E-state index in [1.54, 1.807) is 6.07 Å². The lowest BCUT2D eigenvalue weighted by Crippen LogP contribution is -2.30. The van der Waals surface area contributed by atoms with Crippen LogP contribution in [0.4, 0.5) is 11.4 Å². The number of benzene rings is 2. The van der Waals surface area contributed by atoms with E-state index in [-0.39, 0.29) is 18.0 Å². The molecule has 0 fully saturated rings. The van der Waals surface area contributed by atoms with E-state index in [1.807, 2.05) is 75.3 Å². The van der Waals surface area contributed by atoms with E-state index >= 15 is 0 Å². The molecule has 4 aromatic rings. The molecule has 0 aliphatic rings. The monoisotopic (exact) mass is 416 g/mol. The summed E-state index contributed by atoms with van der Waals surface area (Å²) >= 11 is 0. The molecule has 1 N–H and O–H groups in total. The van der Waals surface area contributed by atoms with Crippen LogP contribution >= 0.6 is 0 Å². The van der Waals surface area contributed by atoms with Gasteiger partial charge in [-0.15, -0.1) is 0 Å². The summed E-state index contributed by atoms with van der Waals surface area (Å²) in [6.07, 6.45) is 1.45. The van der Waals surface area contributed by atoms with E-state index in [9.17, 15) is 9.59 Å². The second-order valence-corrected chi connectivity index (χ2v) is 7.76. The Kier molecular flexibility index (Phi) is 5.29. The second kappa shape index (κ2) is 8.06. The molecule has 4 rings (SSSR count). The Labute approximate surface area is 179 Å². The Morgan fingerprint density at radius 1 is 1.06 bits per heavy atom. The van der Waals surface area contributed by atoms with Gasteiger partial charge in [0.1, 0.15) is 18.4 Å². The first-order chi connectivity index (χ1) is 14.8. The van der Waals surface area contributed by atoms with Crippen LogP contribution in [0.15, 0.2) is 59.7 Å². The number of rotatable bonds is 5. The van der Waals surface area contributed by atoms with Crippen molar-refractivity contribution in [1.29, 1.82) is 0 Å². The van der Waals surface area contributed by atoms with Crippen LogP contribution in [0.25, 0.3) is 16.8 Å². The van der Waals surface area contributed by atoms with Crippen molar-refractivity contribution in [1.82, 2.24) is 19.4 Å². The number of fused-ring (bicyclic) bond motifs is 1. The Morgan fingerprint density at radius 2 is 1.81 bits per heavy atom. The van der Waals surface area contributed by atoms with Gasteiger partial charge in [0.05, 0.1) is 5.69 Å². The zero-order valence-electron chi connectivity index (χ0n) is 18.0. The lowest BCUT2D eigenvalue weighted by atomic mass is 10.0. The minimum Gasteiger partial charge on any atom is -0.378 e. The van der Waals surface area contributed by atoms with Crippen LogP contribution in [0, 0.1) is 13.8 Å². The molecule has 0 radical (unpaired) electrons. The molecular weight excluding hydrogens is 392 g/mol. The molecule has 8 nitrogen and oxygen atoms in total. The summed E-state index contributed by atoms with van der Waals surface area (Å²) in [5, 5.41) is 11.4. The van der Waals surface area contributed by atoms with E-state index in [2.05, 4.69) is 15.5 Å². The van der Waals surface area contributed by atoms with Gasteiger partial charge in [-0.3, -0.25) is 9.59 Å². The maximum absolute atomic E-state index is 12.9. The summed E-state index contributed by atoms with van der Waals surface area (Å²) in [5.41, 5.74) is 5.54. The van der Waals surface area contributed by atoms with Crippen LogP contribution in [0.2, 0.25) is 0 Å². The number of aryl methyl sites for hydroxylation is 2. The summed E-state index contributed by atoms with van der Waals surface area (Å²) in [4.78, 5) is 27.3. The highest BCUT2D eigenvalue weighted by molar-refractivity contribution is 5.90. The zero-order chi connectivity index (χ0) is 22.1. The van der Waals surface area contributed by atoms with Gasteiger partial charge < -0.3 is 10.2 Å². The molecule has 8 heteroatoms. The van der Waals surface area contributed by atoms with Gasteiger partial charge in [-0.1, -0.05) is 17.7 Å². The summed E-state index contributed by atoms with van der Waals surface area (Å²) in [6.45, 7) is 3.83. The van der Waals surface area contributed by atoms with E-state index in [0.717, 1.165) is 27.1 Å². The third kappa shape index (κ3) is 4.18. The van der Waals surface area contributed by atoms with Crippen molar-refractivity contribution in [3.63, 3.8) is 0 Å². The third-order valence-corrected chi connectivity index (χ3v) is 5.12. The summed E-state index contributed by atoms with van der Waals surface area (Å²) < 4.78 is 2.60. The number of hydrogen-bond acceptors (Lipinski definition) is 5. The van der Waals surface area contributed by atoms with E-state index < -0.39 is 0 Å². The SMILES string of the molecule is Cc1ccc(C)c(-c2cc3c(=O)n(CC(=O)Nc4ccc(N(C)C)cc4)ncn3n2)c1. The number of amides is 1. The Morgan fingerprint density at radius 3 is 2.52 bits per heavy atom. The number of carbonyl (C=O) groups excluding carboxylic acids is 1. The Bertz CT molecular complexity index is 1320. The average molecular weight is 416 g/mol. The molecule has 0 saturated heterocycles. The molecule has 0 atom stereocenters. The van der Waals surface area contributed by atoms with Crippen LogP contribution < -0.4 is 15.8 Å². The highest BCUT2D eigenvalue weighted by atomic mass is 16.2. The lowest BCUT2D eigenvalue weighted by Gasteiger charge is -2.13. The fourth-order valence-corrected chi connectivity index (χ4v) is 3.37. The van der Waals surface area contributed by atoms with Gasteiger partial charge >= 0.3 is 0 Å². The van der Waals surface area contributed by atoms with E-state index in [1.165, 1.54) is 10.8 Å².